The van der Waals surface area contributed by atoms with E-state index in [0.717, 1.165) is 4.68 Å². The number of aliphatic carboxylic acids is 1. The first-order chi connectivity index (χ1) is 9.32. The molecule has 2 heterocycles. The van der Waals surface area contributed by atoms with Crippen LogP contribution in [0.15, 0.2) is 4.79 Å². The van der Waals surface area contributed by atoms with Crippen LogP contribution in [-0.4, -0.2) is 44.8 Å². The number of aromatic nitrogens is 2. The first-order valence-electron chi connectivity index (χ1n) is 6.39. The lowest BCUT2D eigenvalue weighted by Gasteiger charge is -2.17. The van der Waals surface area contributed by atoms with Crippen LogP contribution in [0.25, 0.3) is 0 Å². The third kappa shape index (κ3) is 2.31. The fraction of sp³-hybridized carbons (Fsp3) is 0.538. The zero-order chi connectivity index (χ0) is 15.0. The van der Waals surface area contributed by atoms with Crippen molar-refractivity contribution in [2.45, 2.75) is 20.3 Å². The molecular weight excluding hydrogens is 262 g/mol. The topological polar surface area (TPSA) is 92.5 Å². The molecule has 1 amide bonds. The van der Waals surface area contributed by atoms with E-state index in [1.807, 2.05) is 0 Å². The molecule has 7 nitrogen and oxygen atoms in total. The van der Waals surface area contributed by atoms with Gasteiger partial charge >= 0.3 is 5.97 Å². The van der Waals surface area contributed by atoms with Crippen molar-refractivity contribution in [3.8, 4) is 0 Å². The van der Waals surface area contributed by atoms with Crippen molar-refractivity contribution in [3.05, 3.63) is 27.2 Å². The SMILES string of the molecule is Cc1nn(C)c(=O)c(C(=O)N2CCC(C(=O)O)C2)c1C. The van der Waals surface area contributed by atoms with Crippen molar-refractivity contribution in [3.63, 3.8) is 0 Å². The number of carbonyl (C=O) groups excluding carboxylic acids is 1. The number of hydrogen-bond acceptors (Lipinski definition) is 4. The highest BCUT2D eigenvalue weighted by atomic mass is 16.4. The summed E-state index contributed by atoms with van der Waals surface area (Å²) in [6.45, 7) is 3.93. The fourth-order valence-electron chi connectivity index (χ4n) is 2.40. The van der Waals surface area contributed by atoms with Crippen LogP contribution in [0.4, 0.5) is 0 Å². The molecule has 1 N–H and O–H groups in total. The Bertz CT molecular complexity index is 635. The highest BCUT2D eigenvalue weighted by Gasteiger charge is 2.33. The minimum absolute atomic E-state index is 0.0889. The van der Waals surface area contributed by atoms with E-state index in [2.05, 4.69) is 5.10 Å². The highest BCUT2D eigenvalue weighted by Crippen LogP contribution is 2.19. The maximum atomic E-state index is 12.5. The summed E-state index contributed by atoms with van der Waals surface area (Å²) in [7, 11) is 1.50. The van der Waals surface area contributed by atoms with Gasteiger partial charge in [-0.25, -0.2) is 4.68 Å². The molecule has 1 aromatic rings. The van der Waals surface area contributed by atoms with Gasteiger partial charge in [0.25, 0.3) is 11.5 Å². The standard InChI is InChI=1S/C13H17N3O4/c1-7-8(2)14-15(3)11(17)10(7)12(18)16-5-4-9(6-16)13(19)20/h9H,4-6H2,1-3H3,(H,19,20). The third-order valence-corrected chi connectivity index (χ3v) is 3.76. The van der Waals surface area contributed by atoms with Crippen molar-refractivity contribution in [1.29, 1.82) is 0 Å². The molecule has 1 fully saturated rings. The van der Waals surface area contributed by atoms with Crippen molar-refractivity contribution in [2.75, 3.05) is 13.1 Å². The summed E-state index contributed by atoms with van der Waals surface area (Å²) in [6.07, 6.45) is 0.421. The lowest BCUT2D eigenvalue weighted by molar-refractivity contribution is -0.141. The molecule has 1 aliphatic heterocycles. The zero-order valence-electron chi connectivity index (χ0n) is 11.7. The first kappa shape index (κ1) is 14.2. The minimum atomic E-state index is -0.907. The van der Waals surface area contributed by atoms with Gasteiger partial charge in [-0.3, -0.25) is 14.4 Å². The van der Waals surface area contributed by atoms with E-state index in [1.54, 1.807) is 13.8 Å². The molecule has 108 valence electrons. The van der Waals surface area contributed by atoms with Crippen molar-refractivity contribution < 1.29 is 14.7 Å². The summed E-state index contributed by atoms with van der Waals surface area (Å²) in [5.41, 5.74) is 0.809. The van der Waals surface area contributed by atoms with E-state index < -0.39 is 23.4 Å². The van der Waals surface area contributed by atoms with Crippen LogP contribution in [0.5, 0.6) is 0 Å². The van der Waals surface area contributed by atoms with Crippen LogP contribution in [0, 0.1) is 19.8 Å². The van der Waals surface area contributed by atoms with E-state index in [0.29, 0.717) is 24.2 Å². The third-order valence-electron chi connectivity index (χ3n) is 3.76. The molecule has 1 saturated heterocycles. The van der Waals surface area contributed by atoms with Gasteiger partial charge in [-0.1, -0.05) is 0 Å². The molecule has 0 bridgehead atoms. The molecule has 0 aromatic carbocycles. The molecule has 0 spiro atoms. The lowest BCUT2D eigenvalue weighted by atomic mass is 10.1. The number of hydrogen-bond donors (Lipinski definition) is 1. The van der Waals surface area contributed by atoms with Crippen LogP contribution >= 0.6 is 0 Å². The number of carboxylic acids is 1. The van der Waals surface area contributed by atoms with Crippen molar-refractivity contribution in [2.24, 2.45) is 13.0 Å². The monoisotopic (exact) mass is 279 g/mol. The summed E-state index contributed by atoms with van der Waals surface area (Å²) in [6, 6.07) is 0. The molecule has 1 aromatic heterocycles. The molecule has 7 heteroatoms. The first-order valence-corrected chi connectivity index (χ1v) is 6.39. The average Bonchev–Trinajstić information content (AvgIpc) is 2.86. The molecule has 1 aliphatic rings. The summed E-state index contributed by atoms with van der Waals surface area (Å²) in [5, 5.41) is 13.0. The molecule has 20 heavy (non-hydrogen) atoms. The predicted molar refractivity (Wildman–Crippen MR) is 70.6 cm³/mol. The predicted octanol–water partition coefficient (Wildman–Crippen LogP) is -0.0562. The maximum absolute atomic E-state index is 12.5. The Balaban J connectivity index is 2.36. The van der Waals surface area contributed by atoms with E-state index >= 15 is 0 Å². The smallest absolute Gasteiger partial charge is 0.308 e. The fourth-order valence-corrected chi connectivity index (χ4v) is 2.40. The van der Waals surface area contributed by atoms with Gasteiger partial charge in [-0.15, -0.1) is 0 Å². The van der Waals surface area contributed by atoms with Gasteiger partial charge in [0, 0.05) is 20.1 Å². The Hall–Kier alpha value is -2.18. The Labute approximate surface area is 115 Å². The van der Waals surface area contributed by atoms with Gasteiger partial charge in [0.05, 0.1) is 11.6 Å². The molecule has 2 rings (SSSR count). The van der Waals surface area contributed by atoms with Gasteiger partial charge in [0.15, 0.2) is 0 Å². The number of nitrogens with zero attached hydrogens (tertiary/aromatic N) is 3. The lowest BCUT2D eigenvalue weighted by Crippen LogP contribution is -2.37. The molecule has 1 atom stereocenters. The largest absolute Gasteiger partial charge is 0.481 e. The number of carboxylic acid groups (broad SMARTS) is 1. The van der Waals surface area contributed by atoms with Gasteiger partial charge < -0.3 is 10.0 Å². The molecule has 0 saturated carbocycles. The second-order valence-electron chi connectivity index (χ2n) is 5.09. The van der Waals surface area contributed by atoms with E-state index in [4.69, 9.17) is 5.11 Å². The van der Waals surface area contributed by atoms with Crippen LogP contribution in [0.3, 0.4) is 0 Å². The average molecular weight is 279 g/mol. The number of rotatable bonds is 2. The van der Waals surface area contributed by atoms with Crippen molar-refractivity contribution >= 4 is 11.9 Å². The van der Waals surface area contributed by atoms with Gasteiger partial charge in [0.1, 0.15) is 5.56 Å². The van der Waals surface area contributed by atoms with E-state index in [-0.39, 0.29) is 12.1 Å². The molecule has 0 aliphatic carbocycles. The van der Waals surface area contributed by atoms with E-state index in [1.165, 1.54) is 11.9 Å². The highest BCUT2D eigenvalue weighted by molar-refractivity contribution is 5.96. The van der Waals surface area contributed by atoms with Crippen LogP contribution in [0.1, 0.15) is 28.0 Å². The van der Waals surface area contributed by atoms with Gasteiger partial charge in [0.2, 0.25) is 0 Å². The second-order valence-corrected chi connectivity index (χ2v) is 5.09. The Morgan fingerprint density at radius 3 is 2.55 bits per heavy atom. The summed E-state index contributed by atoms with van der Waals surface area (Å²) >= 11 is 0. The van der Waals surface area contributed by atoms with Crippen molar-refractivity contribution in [1.82, 2.24) is 14.7 Å². The molecular formula is C13H17N3O4. The summed E-state index contributed by atoms with van der Waals surface area (Å²) in [4.78, 5) is 36.9. The number of aryl methyl sites for hydroxylation is 2. The van der Waals surface area contributed by atoms with Crippen LogP contribution in [-0.2, 0) is 11.8 Å². The van der Waals surface area contributed by atoms with E-state index in [9.17, 15) is 14.4 Å². The zero-order valence-corrected chi connectivity index (χ0v) is 11.7. The number of amides is 1. The maximum Gasteiger partial charge on any atom is 0.308 e. The summed E-state index contributed by atoms with van der Waals surface area (Å²) in [5.74, 6) is -1.86. The summed E-state index contributed by atoms with van der Waals surface area (Å²) < 4.78 is 1.14. The Kier molecular flexibility index (Phi) is 3.61. The quantitative estimate of drug-likeness (QED) is 0.819. The van der Waals surface area contributed by atoms with Crippen LogP contribution < -0.4 is 5.56 Å². The number of likely N-dealkylation sites (tertiary alicyclic amines) is 1. The second kappa shape index (κ2) is 5.07. The van der Waals surface area contributed by atoms with Gasteiger partial charge in [-0.2, -0.15) is 5.10 Å². The molecule has 1 unspecified atom stereocenters. The molecule has 0 radical (unpaired) electrons. The normalized spacial score (nSPS) is 18.4. The Morgan fingerprint density at radius 2 is 2.00 bits per heavy atom. The van der Waals surface area contributed by atoms with Crippen LogP contribution in [0.2, 0.25) is 0 Å². The van der Waals surface area contributed by atoms with Gasteiger partial charge in [-0.05, 0) is 25.8 Å². The number of carbonyl (C=O) groups is 2. The minimum Gasteiger partial charge on any atom is -0.481 e. The Morgan fingerprint density at radius 1 is 1.35 bits per heavy atom.